The van der Waals surface area contributed by atoms with Crippen molar-refractivity contribution in [3.8, 4) is 11.5 Å². The lowest BCUT2D eigenvalue weighted by Gasteiger charge is -2.19. The molecular formula is C17H25N3O. The highest BCUT2D eigenvalue weighted by Crippen LogP contribution is 2.24. The summed E-state index contributed by atoms with van der Waals surface area (Å²) in [7, 11) is 0. The first-order chi connectivity index (χ1) is 9.87. The van der Waals surface area contributed by atoms with Gasteiger partial charge in [0.25, 0.3) is 0 Å². The first kappa shape index (κ1) is 15.7. The molecule has 0 aliphatic carbocycles. The molecule has 21 heavy (non-hydrogen) atoms. The Labute approximate surface area is 127 Å². The van der Waals surface area contributed by atoms with Crippen molar-refractivity contribution in [3.63, 3.8) is 0 Å². The summed E-state index contributed by atoms with van der Waals surface area (Å²) >= 11 is 0. The monoisotopic (exact) mass is 287 g/mol. The molecule has 0 radical (unpaired) electrons. The normalized spacial score (nSPS) is 11.9. The molecule has 1 heterocycles. The Bertz CT molecular complexity index is 596. The van der Waals surface area contributed by atoms with Gasteiger partial charge in [-0.1, -0.05) is 12.1 Å². The molecule has 1 N–H and O–H groups in total. The maximum Gasteiger partial charge on any atom is 0.248 e. The first-order valence-corrected chi connectivity index (χ1v) is 7.51. The number of rotatable bonds is 5. The third kappa shape index (κ3) is 4.39. The molecule has 1 aromatic heterocycles. The van der Waals surface area contributed by atoms with Gasteiger partial charge in [-0.15, -0.1) is 10.2 Å². The minimum atomic E-state index is 0.151. The summed E-state index contributed by atoms with van der Waals surface area (Å²) in [4.78, 5) is 0. The second kappa shape index (κ2) is 6.39. The van der Waals surface area contributed by atoms with E-state index in [0.29, 0.717) is 11.8 Å². The molecule has 0 saturated heterocycles. The second-order valence-electron chi connectivity index (χ2n) is 6.53. The van der Waals surface area contributed by atoms with Gasteiger partial charge in [0, 0.05) is 17.5 Å². The third-order valence-corrected chi connectivity index (χ3v) is 3.52. The van der Waals surface area contributed by atoms with E-state index in [1.807, 2.05) is 12.1 Å². The molecular weight excluding hydrogens is 262 g/mol. The minimum Gasteiger partial charge on any atom is -0.421 e. The largest absolute Gasteiger partial charge is 0.421 e. The quantitative estimate of drug-likeness (QED) is 0.852. The smallest absolute Gasteiger partial charge is 0.248 e. The van der Waals surface area contributed by atoms with Crippen LogP contribution >= 0.6 is 0 Å². The zero-order valence-corrected chi connectivity index (χ0v) is 13.7. The zero-order valence-electron chi connectivity index (χ0n) is 13.7. The molecule has 0 bridgehead atoms. The highest BCUT2D eigenvalue weighted by atomic mass is 16.4. The minimum absolute atomic E-state index is 0.151. The van der Waals surface area contributed by atoms with Crippen LogP contribution in [0.15, 0.2) is 22.6 Å². The predicted molar refractivity (Wildman–Crippen MR) is 85.3 cm³/mol. The van der Waals surface area contributed by atoms with E-state index in [4.69, 9.17) is 4.42 Å². The SMILES string of the molecule is Cc1cccc(-c2nnc(CCCNC(C)(C)C)o2)c1C. The molecule has 2 aromatic rings. The lowest BCUT2D eigenvalue weighted by Crippen LogP contribution is -2.36. The molecule has 0 aliphatic rings. The number of aromatic nitrogens is 2. The van der Waals surface area contributed by atoms with Crippen LogP contribution in [0.5, 0.6) is 0 Å². The van der Waals surface area contributed by atoms with Gasteiger partial charge in [-0.3, -0.25) is 0 Å². The van der Waals surface area contributed by atoms with Crippen molar-refractivity contribution >= 4 is 0 Å². The summed E-state index contributed by atoms with van der Waals surface area (Å²) in [5.41, 5.74) is 3.61. The first-order valence-electron chi connectivity index (χ1n) is 7.51. The highest BCUT2D eigenvalue weighted by molar-refractivity contribution is 5.59. The molecule has 0 atom stereocenters. The fourth-order valence-corrected chi connectivity index (χ4v) is 2.15. The number of aryl methyl sites for hydroxylation is 2. The van der Waals surface area contributed by atoms with Crippen LogP contribution in [0.4, 0.5) is 0 Å². The molecule has 4 nitrogen and oxygen atoms in total. The molecule has 0 spiro atoms. The standard InChI is InChI=1S/C17H25N3O/c1-12-8-6-9-14(13(12)2)16-20-19-15(21-16)10-7-11-18-17(3,4)5/h6,8-9,18H,7,10-11H2,1-5H3. The van der Waals surface area contributed by atoms with Gasteiger partial charge in [0.15, 0.2) is 0 Å². The van der Waals surface area contributed by atoms with E-state index >= 15 is 0 Å². The van der Waals surface area contributed by atoms with Gasteiger partial charge < -0.3 is 9.73 Å². The summed E-state index contributed by atoms with van der Waals surface area (Å²) < 4.78 is 5.79. The van der Waals surface area contributed by atoms with Crippen LogP contribution in [-0.4, -0.2) is 22.3 Å². The molecule has 1 aromatic carbocycles. The average Bonchev–Trinajstić information content (AvgIpc) is 2.85. The Kier molecular flexibility index (Phi) is 4.78. The Hall–Kier alpha value is -1.68. The molecule has 0 saturated carbocycles. The number of nitrogens with zero attached hydrogens (tertiary/aromatic N) is 2. The maximum absolute atomic E-state index is 5.79. The van der Waals surface area contributed by atoms with Crippen molar-refractivity contribution in [2.24, 2.45) is 0 Å². The summed E-state index contributed by atoms with van der Waals surface area (Å²) in [6.07, 6.45) is 1.80. The van der Waals surface area contributed by atoms with Gasteiger partial charge in [-0.25, -0.2) is 0 Å². The Morgan fingerprint density at radius 2 is 1.90 bits per heavy atom. The summed E-state index contributed by atoms with van der Waals surface area (Å²) in [5, 5.41) is 11.8. The van der Waals surface area contributed by atoms with Crippen molar-refractivity contribution < 1.29 is 4.42 Å². The topological polar surface area (TPSA) is 51.0 Å². The van der Waals surface area contributed by atoms with Crippen LogP contribution in [-0.2, 0) is 6.42 Å². The highest BCUT2D eigenvalue weighted by Gasteiger charge is 2.12. The molecule has 4 heteroatoms. The van der Waals surface area contributed by atoms with Crippen LogP contribution in [0.25, 0.3) is 11.5 Å². The molecule has 0 unspecified atom stereocenters. The van der Waals surface area contributed by atoms with Gasteiger partial charge in [-0.05, 0) is 64.8 Å². The number of benzene rings is 1. The van der Waals surface area contributed by atoms with Gasteiger partial charge in [0.1, 0.15) is 0 Å². The average molecular weight is 287 g/mol. The lowest BCUT2D eigenvalue weighted by molar-refractivity contribution is 0.412. The second-order valence-corrected chi connectivity index (χ2v) is 6.53. The van der Waals surface area contributed by atoms with E-state index in [2.05, 4.69) is 56.2 Å². The van der Waals surface area contributed by atoms with Crippen LogP contribution in [0.3, 0.4) is 0 Å². The van der Waals surface area contributed by atoms with Gasteiger partial charge in [-0.2, -0.15) is 0 Å². The number of nitrogens with one attached hydrogen (secondary N) is 1. The van der Waals surface area contributed by atoms with Gasteiger partial charge >= 0.3 is 0 Å². The van der Waals surface area contributed by atoms with Crippen LogP contribution in [0.2, 0.25) is 0 Å². The van der Waals surface area contributed by atoms with E-state index in [1.54, 1.807) is 0 Å². The molecule has 0 amide bonds. The molecule has 0 fully saturated rings. The van der Waals surface area contributed by atoms with Crippen LogP contribution < -0.4 is 5.32 Å². The third-order valence-electron chi connectivity index (χ3n) is 3.52. The van der Waals surface area contributed by atoms with Crippen molar-refractivity contribution in [1.82, 2.24) is 15.5 Å². The van der Waals surface area contributed by atoms with Crippen molar-refractivity contribution in [1.29, 1.82) is 0 Å². The zero-order chi connectivity index (χ0) is 15.5. The van der Waals surface area contributed by atoms with E-state index in [1.165, 1.54) is 11.1 Å². The van der Waals surface area contributed by atoms with Crippen molar-refractivity contribution in [2.75, 3.05) is 6.54 Å². The fraction of sp³-hybridized carbons (Fsp3) is 0.529. The summed E-state index contributed by atoms with van der Waals surface area (Å²) in [6, 6.07) is 6.14. The Balaban J connectivity index is 1.97. The van der Waals surface area contributed by atoms with Crippen LogP contribution in [0, 0.1) is 13.8 Å². The van der Waals surface area contributed by atoms with Crippen LogP contribution in [0.1, 0.15) is 44.2 Å². The molecule has 2 rings (SSSR count). The van der Waals surface area contributed by atoms with E-state index in [-0.39, 0.29) is 5.54 Å². The Morgan fingerprint density at radius 3 is 2.62 bits per heavy atom. The number of hydrogen-bond acceptors (Lipinski definition) is 4. The van der Waals surface area contributed by atoms with Gasteiger partial charge in [0.2, 0.25) is 11.8 Å². The fourth-order valence-electron chi connectivity index (χ4n) is 2.15. The van der Waals surface area contributed by atoms with Crippen molar-refractivity contribution in [2.45, 2.75) is 53.0 Å². The predicted octanol–water partition coefficient (Wildman–Crippen LogP) is 3.67. The summed E-state index contributed by atoms with van der Waals surface area (Å²) in [5.74, 6) is 1.33. The lowest BCUT2D eigenvalue weighted by atomic mass is 10.0. The summed E-state index contributed by atoms with van der Waals surface area (Å²) in [6.45, 7) is 11.6. The maximum atomic E-state index is 5.79. The molecule has 0 aliphatic heterocycles. The van der Waals surface area contributed by atoms with Crippen molar-refractivity contribution in [3.05, 3.63) is 35.2 Å². The molecule has 114 valence electrons. The van der Waals surface area contributed by atoms with Gasteiger partial charge in [0.05, 0.1) is 0 Å². The van der Waals surface area contributed by atoms with E-state index in [0.717, 1.165) is 24.9 Å². The van der Waals surface area contributed by atoms with E-state index < -0.39 is 0 Å². The number of hydrogen-bond donors (Lipinski definition) is 1. The van der Waals surface area contributed by atoms with E-state index in [9.17, 15) is 0 Å². The Morgan fingerprint density at radius 1 is 1.14 bits per heavy atom.